The van der Waals surface area contributed by atoms with Gasteiger partial charge in [0.1, 0.15) is 0 Å². The molecule has 21 heavy (non-hydrogen) atoms. The third-order valence-electron chi connectivity index (χ3n) is 3.28. The molecule has 1 saturated heterocycles. The van der Waals surface area contributed by atoms with E-state index in [9.17, 15) is 13.2 Å². The summed E-state index contributed by atoms with van der Waals surface area (Å²) in [4.78, 5) is 12.0. The van der Waals surface area contributed by atoms with Crippen molar-refractivity contribution >= 4 is 37.5 Å². The zero-order chi connectivity index (χ0) is 15.6. The van der Waals surface area contributed by atoms with E-state index in [4.69, 9.17) is 9.88 Å². The molecule has 116 valence electrons. The predicted octanol–water partition coefficient (Wildman–Crippen LogP) is 1.91. The number of aryl methyl sites for hydroxylation is 1. The maximum absolute atomic E-state index is 12.0. The molecular weight excluding hydrogens is 360 g/mol. The smallest absolute Gasteiger partial charge is 0.238 e. The minimum atomic E-state index is -3.78. The minimum Gasteiger partial charge on any atom is -0.378 e. The number of anilines is 1. The first kappa shape index (κ1) is 16.4. The molecule has 1 aliphatic rings. The summed E-state index contributed by atoms with van der Waals surface area (Å²) in [6.07, 6.45) is 2.12. The lowest BCUT2D eigenvalue weighted by Crippen LogP contribution is -2.20. The van der Waals surface area contributed by atoms with Gasteiger partial charge in [-0.15, -0.1) is 0 Å². The van der Waals surface area contributed by atoms with Crippen LogP contribution in [0, 0.1) is 6.92 Å². The second-order valence-corrected chi connectivity index (χ2v) is 7.41. The van der Waals surface area contributed by atoms with Crippen molar-refractivity contribution in [3.63, 3.8) is 0 Å². The van der Waals surface area contributed by atoms with Gasteiger partial charge >= 0.3 is 0 Å². The summed E-state index contributed by atoms with van der Waals surface area (Å²) in [7, 11) is -3.78. The summed E-state index contributed by atoms with van der Waals surface area (Å²) in [6, 6.07) is 2.98. The van der Waals surface area contributed by atoms with Crippen LogP contribution in [0.25, 0.3) is 0 Å². The van der Waals surface area contributed by atoms with Crippen LogP contribution >= 0.6 is 15.9 Å². The number of hydrogen-bond acceptors (Lipinski definition) is 4. The zero-order valence-electron chi connectivity index (χ0n) is 11.6. The Bertz CT molecular complexity index is 654. The number of hydrogen-bond donors (Lipinski definition) is 2. The molecule has 0 radical (unpaired) electrons. The van der Waals surface area contributed by atoms with Gasteiger partial charge in [0, 0.05) is 11.1 Å². The highest BCUT2D eigenvalue weighted by atomic mass is 79.9. The fourth-order valence-electron chi connectivity index (χ4n) is 2.28. The highest BCUT2D eigenvalue weighted by Crippen LogP contribution is 2.29. The molecule has 0 aliphatic carbocycles. The Hall–Kier alpha value is -0.960. The first-order valence-electron chi connectivity index (χ1n) is 6.52. The van der Waals surface area contributed by atoms with Crippen LogP contribution in [-0.2, 0) is 19.6 Å². The number of sulfonamides is 1. The number of carbonyl (C=O) groups is 1. The SMILES string of the molecule is Cc1cc(NC(=O)CC2CCCO2)c(Br)cc1S(N)(=O)=O. The number of benzene rings is 1. The molecule has 1 fully saturated rings. The van der Waals surface area contributed by atoms with Crippen LogP contribution in [0.5, 0.6) is 0 Å². The molecule has 0 saturated carbocycles. The third kappa shape index (κ3) is 4.26. The Morgan fingerprint density at radius 3 is 2.81 bits per heavy atom. The Labute approximate surface area is 132 Å². The van der Waals surface area contributed by atoms with Crippen molar-refractivity contribution in [2.45, 2.75) is 37.2 Å². The Kier molecular flexibility index (Phi) is 5.03. The van der Waals surface area contributed by atoms with Crippen LogP contribution in [0.3, 0.4) is 0 Å². The standard InChI is InChI=1S/C13H17BrN2O4S/c1-8-5-11(10(14)7-12(8)21(15,18)19)16-13(17)6-9-3-2-4-20-9/h5,7,9H,2-4,6H2,1H3,(H,16,17)(H2,15,18,19). The molecule has 0 bridgehead atoms. The van der Waals surface area contributed by atoms with E-state index >= 15 is 0 Å². The minimum absolute atomic E-state index is 0.0337. The van der Waals surface area contributed by atoms with Crippen LogP contribution in [0.4, 0.5) is 5.69 Å². The zero-order valence-corrected chi connectivity index (χ0v) is 14.0. The molecule has 6 nitrogen and oxygen atoms in total. The van der Waals surface area contributed by atoms with Crippen molar-refractivity contribution in [2.24, 2.45) is 5.14 Å². The lowest BCUT2D eigenvalue weighted by molar-refractivity contribution is -0.118. The van der Waals surface area contributed by atoms with Crippen LogP contribution in [0.2, 0.25) is 0 Å². The Morgan fingerprint density at radius 1 is 1.52 bits per heavy atom. The first-order valence-corrected chi connectivity index (χ1v) is 8.85. The van der Waals surface area contributed by atoms with E-state index in [1.54, 1.807) is 13.0 Å². The predicted molar refractivity (Wildman–Crippen MR) is 82.5 cm³/mol. The number of carbonyl (C=O) groups excluding carboxylic acids is 1. The molecule has 1 amide bonds. The number of halogens is 1. The molecule has 2 rings (SSSR count). The number of primary sulfonamides is 1. The van der Waals surface area contributed by atoms with Gasteiger partial charge in [-0.3, -0.25) is 4.79 Å². The Morgan fingerprint density at radius 2 is 2.24 bits per heavy atom. The van der Waals surface area contributed by atoms with E-state index in [1.807, 2.05) is 0 Å². The summed E-state index contributed by atoms with van der Waals surface area (Å²) in [5.74, 6) is -0.162. The fraction of sp³-hybridized carbons (Fsp3) is 0.462. The van der Waals surface area contributed by atoms with Crippen molar-refractivity contribution in [3.8, 4) is 0 Å². The molecule has 1 aliphatic heterocycles. The molecule has 0 aromatic heterocycles. The van der Waals surface area contributed by atoms with Gasteiger partial charge in [0.25, 0.3) is 0 Å². The molecule has 1 aromatic carbocycles. The van der Waals surface area contributed by atoms with Crippen LogP contribution in [-0.4, -0.2) is 27.0 Å². The largest absolute Gasteiger partial charge is 0.378 e. The highest BCUT2D eigenvalue weighted by molar-refractivity contribution is 9.10. The lowest BCUT2D eigenvalue weighted by Gasteiger charge is -2.13. The van der Waals surface area contributed by atoms with E-state index in [0.717, 1.165) is 12.8 Å². The van der Waals surface area contributed by atoms with Gasteiger partial charge < -0.3 is 10.1 Å². The summed E-state index contributed by atoms with van der Waals surface area (Å²) in [5.41, 5.74) is 0.996. The third-order valence-corrected chi connectivity index (χ3v) is 4.99. The number of nitrogens with two attached hydrogens (primary N) is 1. The van der Waals surface area contributed by atoms with Crippen LogP contribution in [0.15, 0.2) is 21.5 Å². The normalized spacial score (nSPS) is 18.7. The quantitative estimate of drug-likeness (QED) is 0.838. The average Bonchev–Trinajstić information content (AvgIpc) is 2.84. The second-order valence-electron chi connectivity index (χ2n) is 5.03. The van der Waals surface area contributed by atoms with Crippen molar-refractivity contribution in [2.75, 3.05) is 11.9 Å². The van der Waals surface area contributed by atoms with E-state index in [0.29, 0.717) is 28.8 Å². The van der Waals surface area contributed by atoms with Gasteiger partial charge in [-0.1, -0.05) is 0 Å². The maximum Gasteiger partial charge on any atom is 0.238 e. The van der Waals surface area contributed by atoms with E-state index < -0.39 is 10.0 Å². The Balaban J connectivity index is 2.13. The van der Waals surface area contributed by atoms with Gasteiger partial charge in [0.15, 0.2) is 0 Å². The van der Waals surface area contributed by atoms with Crippen molar-refractivity contribution < 1.29 is 17.9 Å². The van der Waals surface area contributed by atoms with Gasteiger partial charge in [0.2, 0.25) is 15.9 Å². The molecule has 1 aromatic rings. The van der Waals surface area contributed by atoms with Gasteiger partial charge in [-0.25, -0.2) is 13.6 Å². The van der Waals surface area contributed by atoms with Crippen molar-refractivity contribution in [1.29, 1.82) is 0 Å². The molecule has 1 unspecified atom stereocenters. The van der Waals surface area contributed by atoms with Gasteiger partial charge in [-0.2, -0.15) is 0 Å². The molecule has 8 heteroatoms. The monoisotopic (exact) mass is 376 g/mol. The molecule has 0 spiro atoms. The van der Waals surface area contributed by atoms with Gasteiger partial charge in [-0.05, 0) is 53.4 Å². The first-order chi connectivity index (χ1) is 9.77. The van der Waals surface area contributed by atoms with Gasteiger partial charge in [0.05, 0.1) is 23.1 Å². The lowest BCUT2D eigenvalue weighted by atomic mass is 10.1. The summed E-state index contributed by atoms with van der Waals surface area (Å²) < 4.78 is 28.7. The summed E-state index contributed by atoms with van der Waals surface area (Å²) in [5, 5.41) is 7.89. The molecule has 1 atom stereocenters. The number of nitrogens with one attached hydrogen (secondary N) is 1. The summed E-state index contributed by atoms with van der Waals surface area (Å²) in [6.45, 7) is 2.33. The van der Waals surface area contributed by atoms with Crippen molar-refractivity contribution in [1.82, 2.24) is 0 Å². The molecule has 3 N–H and O–H groups in total. The van der Waals surface area contributed by atoms with Crippen LogP contribution in [0.1, 0.15) is 24.8 Å². The number of ether oxygens (including phenoxy) is 1. The molecule has 1 heterocycles. The maximum atomic E-state index is 12.0. The second kappa shape index (κ2) is 6.43. The highest BCUT2D eigenvalue weighted by Gasteiger charge is 2.20. The van der Waals surface area contributed by atoms with E-state index in [2.05, 4.69) is 21.2 Å². The average molecular weight is 377 g/mol. The summed E-state index contributed by atoms with van der Waals surface area (Å²) >= 11 is 3.25. The molecular formula is C13H17BrN2O4S. The van der Waals surface area contributed by atoms with Crippen molar-refractivity contribution in [3.05, 3.63) is 22.2 Å². The van der Waals surface area contributed by atoms with E-state index in [-0.39, 0.29) is 16.9 Å². The fourth-order valence-corrected chi connectivity index (χ4v) is 3.66. The van der Waals surface area contributed by atoms with E-state index in [1.165, 1.54) is 6.07 Å². The number of amides is 1. The number of rotatable bonds is 4. The van der Waals surface area contributed by atoms with Crippen LogP contribution < -0.4 is 10.5 Å². The topological polar surface area (TPSA) is 98.5 Å².